The molecule has 0 aliphatic heterocycles. The van der Waals surface area contributed by atoms with Crippen molar-refractivity contribution in [2.75, 3.05) is 32.6 Å². The molecule has 0 aromatic heterocycles. The molecule has 1 aromatic carbocycles. The minimum Gasteiger partial charge on any atom is -0.497 e. The molecule has 0 saturated heterocycles. The van der Waals surface area contributed by atoms with Crippen LogP contribution < -0.4 is 15.0 Å². The highest BCUT2D eigenvalue weighted by Gasteiger charge is 2.03. The fraction of sp³-hybridized carbons (Fsp3) is 0.600. The molecule has 1 rings (SSSR count). The molecule has 1 N–H and O–H groups in total. The van der Waals surface area contributed by atoms with E-state index in [-0.39, 0.29) is 0 Å². The van der Waals surface area contributed by atoms with Crippen LogP contribution in [0.25, 0.3) is 0 Å². The summed E-state index contributed by atoms with van der Waals surface area (Å²) in [6.45, 7) is 3.31. The van der Waals surface area contributed by atoms with Gasteiger partial charge in [-0.25, -0.2) is 0 Å². The Morgan fingerprint density at radius 3 is 2.78 bits per heavy atom. The van der Waals surface area contributed by atoms with Crippen molar-refractivity contribution in [1.29, 1.82) is 0 Å². The van der Waals surface area contributed by atoms with Gasteiger partial charge in [0.15, 0.2) is 0 Å². The zero-order chi connectivity index (χ0) is 13.4. The fourth-order valence-electron chi connectivity index (χ4n) is 1.92. The quantitative estimate of drug-likeness (QED) is 0.718. The Kier molecular flexibility index (Phi) is 6.58. The standard InChI is InChI=1S/C15H26N2O/c1-13(16-2)8-5-6-11-17(3)14-9-7-10-15(12-14)18-4/h7,9-10,12-13,16H,5-6,8,11H2,1-4H3. The number of nitrogens with zero attached hydrogens (tertiary/aromatic N) is 1. The third-order valence-corrected chi connectivity index (χ3v) is 3.37. The topological polar surface area (TPSA) is 24.5 Å². The molecular weight excluding hydrogens is 224 g/mol. The van der Waals surface area contributed by atoms with Gasteiger partial charge in [0.1, 0.15) is 5.75 Å². The molecule has 0 bridgehead atoms. The van der Waals surface area contributed by atoms with Gasteiger partial charge >= 0.3 is 0 Å². The molecule has 0 spiro atoms. The van der Waals surface area contributed by atoms with E-state index in [0.29, 0.717) is 6.04 Å². The number of hydrogen-bond donors (Lipinski definition) is 1. The minimum absolute atomic E-state index is 0.618. The third-order valence-electron chi connectivity index (χ3n) is 3.37. The second-order valence-electron chi connectivity index (χ2n) is 4.81. The van der Waals surface area contributed by atoms with E-state index in [1.54, 1.807) is 7.11 Å². The molecule has 1 aromatic rings. The van der Waals surface area contributed by atoms with E-state index in [0.717, 1.165) is 12.3 Å². The summed E-state index contributed by atoms with van der Waals surface area (Å²) in [7, 11) is 5.86. The van der Waals surface area contributed by atoms with Gasteiger partial charge in [-0.05, 0) is 38.9 Å². The van der Waals surface area contributed by atoms with Crippen LogP contribution in [0.15, 0.2) is 24.3 Å². The van der Waals surface area contributed by atoms with Gasteiger partial charge in [0, 0.05) is 31.4 Å². The van der Waals surface area contributed by atoms with Gasteiger partial charge in [-0.1, -0.05) is 12.5 Å². The highest BCUT2D eigenvalue weighted by Crippen LogP contribution is 2.20. The first-order valence-corrected chi connectivity index (χ1v) is 6.70. The molecule has 0 radical (unpaired) electrons. The summed E-state index contributed by atoms with van der Waals surface area (Å²) in [5.74, 6) is 0.920. The van der Waals surface area contributed by atoms with Gasteiger partial charge in [-0.3, -0.25) is 0 Å². The number of unbranched alkanes of at least 4 members (excludes halogenated alkanes) is 1. The van der Waals surface area contributed by atoms with E-state index in [1.807, 2.05) is 19.2 Å². The minimum atomic E-state index is 0.618. The second-order valence-corrected chi connectivity index (χ2v) is 4.81. The van der Waals surface area contributed by atoms with Crippen LogP contribution in [0, 0.1) is 0 Å². The van der Waals surface area contributed by atoms with Gasteiger partial charge in [0.2, 0.25) is 0 Å². The van der Waals surface area contributed by atoms with Gasteiger partial charge < -0.3 is 15.0 Å². The van der Waals surface area contributed by atoms with Crippen molar-refractivity contribution in [1.82, 2.24) is 5.32 Å². The van der Waals surface area contributed by atoms with Crippen molar-refractivity contribution >= 4 is 5.69 Å². The number of nitrogens with one attached hydrogen (secondary N) is 1. The van der Waals surface area contributed by atoms with Crippen LogP contribution in [0.3, 0.4) is 0 Å². The molecule has 1 unspecified atom stereocenters. The van der Waals surface area contributed by atoms with Crippen molar-refractivity contribution in [2.24, 2.45) is 0 Å². The monoisotopic (exact) mass is 250 g/mol. The number of methoxy groups -OCH3 is 1. The molecule has 18 heavy (non-hydrogen) atoms. The van der Waals surface area contributed by atoms with Gasteiger partial charge in [0.25, 0.3) is 0 Å². The van der Waals surface area contributed by atoms with Gasteiger partial charge in [-0.2, -0.15) is 0 Å². The van der Waals surface area contributed by atoms with Gasteiger partial charge in [-0.15, -0.1) is 0 Å². The maximum atomic E-state index is 5.24. The number of rotatable bonds is 8. The zero-order valence-corrected chi connectivity index (χ0v) is 12.1. The van der Waals surface area contributed by atoms with Crippen molar-refractivity contribution in [3.8, 4) is 5.75 Å². The summed E-state index contributed by atoms with van der Waals surface area (Å²) in [6.07, 6.45) is 3.72. The summed E-state index contributed by atoms with van der Waals surface area (Å²) in [4.78, 5) is 2.28. The van der Waals surface area contributed by atoms with E-state index in [1.165, 1.54) is 24.9 Å². The molecule has 0 fully saturated rings. The summed E-state index contributed by atoms with van der Waals surface area (Å²) >= 11 is 0. The van der Waals surface area contributed by atoms with Crippen molar-refractivity contribution in [2.45, 2.75) is 32.2 Å². The number of benzene rings is 1. The highest BCUT2D eigenvalue weighted by molar-refractivity contribution is 5.49. The second kappa shape index (κ2) is 7.98. The maximum absolute atomic E-state index is 5.24. The molecule has 102 valence electrons. The van der Waals surface area contributed by atoms with E-state index in [9.17, 15) is 0 Å². The number of ether oxygens (including phenoxy) is 1. The number of hydrogen-bond acceptors (Lipinski definition) is 3. The molecular formula is C15H26N2O. The normalized spacial score (nSPS) is 12.2. The summed E-state index contributed by atoms with van der Waals surface area (Å²) in [5, 5.41) is 3.27. The van der Waals surface area contributed by atoms with Crippen LogP contribution in [-0.2, 0) is 0 Å². The average Bonchev–Trinajstić information content (AvgIpc) is 2.43. The third kappa shape index (κ3) is 4.96. The molecule has 3 nitrogen and oxygen atoms in total. The summed E-state index contributed by atoms with van der Waals surface area (Å²) in [5.41, 5.74) is 1.22. The average molecular weight is 250 g/mol. The van der Waals surface area contributed by atoms with Crippen LogP contribution >= 0.6 is 0 Å². The molecule has 0 aliphatic rings. The van der Waals surface area contributed by atoms with Crippen LogP contribution in [0.4, 0.5) is 5.69 Å². The Bertz CT molecular complexity index is 341. The van der Waals surface area contributed by atoms with E-state index < -0.39 is 0 Å². The van der Waals surface area contributed by atoms with Crippen LogP contribution in [0.5, 0.6) is 5.75 Å². The van der Waals surface area contributed by atoms with Crippen molar-refractivity contribution in [3.05, 3.63) is 24.3 Å². The summed E-state index contributed by atoms with van der Waals surface area (Å²) < 4.78 is 5.24. The Balaban J connectivity index is 2.33. The first-order chi connectivity index (χ1) is 8.67. The molecule has 0 saturated carbocycles. The SMILES string of the molecule is CNC(C)CCCCN(C)c1cccc(OC)c1. The fourth-order valence-corrected chi connectivity index (χ4v) is 1.92. The Labute approximate surface area is 111 Å². The first-order valence-electron chi connectivity index (χ1n) is 6.70. The molecule has 0 amide bonds. The predicted octanol–water partition coefficient (Wildman–Crippen LogP) is 2.91. The zero-order valence-electron chi connectivity index (χ0n) is 12.1. The molecule has 0 aliphatic carbocycles. The van der Waals surface area contributed by atoms with Crippen LogP contribution in [0.1, 0.15) is 26.2 Å². The van der Waals surface area contributed by atoms with E-state index in [4.69, 9.17) is 4.74 Å². The lowest BCUT2D eigenvalue weighted by molar-refractivity contribution is 0.415. The molecule has 0 heterocycles. The first kappa shape index (κ1) is 14.8. The van der Waals surface area contributed by atoms with Crippen LogP contribution in [-0.4, -0.2) is 33.8 Å². The van der Waals surface area contributed by atoms with Gasteiger partial charge in [0.05, 0.1) is 7.11 Å². The summed E-state index contributed by atoms with van der Waals surface area (Å²) in [6, 6.07) is 8.83. The van der Waals surface area contributed by atoms with E-state index in [2.05, 4.69) is 36.3 Å². The Morgan fingerprint density at radius 2 is 2.11 bits per heavy atom. The molecule has 3 heteroatoms. The lowest BCUT2D eigenvalue weighted by Gasteiger charge is -2.20. The lowest BCUT2D eigenvalue weighted by Crippen LogP contribution is -2.22. The number of anilines is 1. The van der Waals surface area contributed by atoms with E-state index >= 15 is 0 Å². The highest BCUT2D eigenvalue weighted by atomic mass is 16.5. The smallest absolute Gasteiger partial charge is 0.120 e. The molecule has 1 atom stereocenters. The maximum Gasteiger partial charge on any atom is 0.120 e. The van der Waals surface area contributed by atoms with Crippen molar-refractivity contribution < 1.29 is 4.74 Å². The predicted molar refractivity (Wildman–Crippen MR) is 78.6 cm³/mol. The van der Waals surface area contributed by atoms with Crippen LogP contribution in [0.2, 0.25) is 0 Å². The Morgan fingerprint density at radius 1 is 1.33 bits per heavy atom. The largest absolute Gasteiger partial charge is 0.497 e. The lowest BCUT2D eigenvalue weighted by atomic mass is 10.1. The Hall–Kier alpha value is -1.22. The van der Waals surface area contributed by atoms with Crippen molar-refractivity contribution in [3.63, 3.8) is 0 Å².